The van der Waals surface area contributed by atoms with Gasteiger partial charge in [0.15, 0.2) is 0 Å². The van der Waals surface area contributed by atoms with E-state index in [2.05, 4.69) is 30.4 Å². The van der Waals surface area contributed by atoms with Crippen LogP contribution < -0.4 is 5.32 Å². The van der Waals surface area contributed by atoms with Crippen molar-refractivity contribution >= 4 is 11.9 Å². The molecule has 5 nitrogen and oxygen atoms in total. The summed E-state index contributed by atoms with van der Waals surface area (Å²) in [5, 5.41) is 12.1. The van der Waals surface area contributed by atoms with E-state index in [1.807, 2.05) is 6.07 Å². The van der Waals surface area contributed by atoms with Crippen LogP contribution >= 0.6 is 0 Å². The average molecular weight is 369 g/mol. The lowest BCUT2D eigenvalue weighted by Crippen LogP contribution is -2.43. The summed E-state index contributed by atoms with van der Waals surface area (Å²) in [4.78, 5) is 23.9. The number of rotatable bonds is 6. The lowest BCUT2D eigenvalue weighted by molar-refractivity contribution is -0.136. The van der Waals surface area contributed by atoms with Crippen molar-refractivity contribution in [2.45, 2.75) is 57.8 Å². The molecular weight excluding hydrogens is 342 g/mol. The second kappa shape index (κ2) is 7.99. The monoisotopic (exact) mass is 369 g/mol. The van der Waals surface area contributed by atoms with E-state index < -0.39 is 5.97 Å². The maximum Gasteiger partial charge on any atom is 0.311 e. The highest BCUT2D eigenvalue weighted by atomic mass is 16.4. The van der Waals surface area contributed by atoms with Crippen molar-refractivity contribution in [2.75, 3.05) is 6.54 Å². The molecule has 1 heterocycles. The van der Waals surface area contributed by atoms with Crippen molar-refractivity contribution in [3.63, 3.8) is 0 Å². The van der Waals surface area contributed by atoms with E-state index >= 15 is 0 Å². The molecule has 1 aromatic carbocycles. The Morgan fingerprint density at radius 3 is 2.48 bits per heavy atom. The summed E-state index contributed by atoms with van der Waals surface area (Å²) in [6, 6.07) is 8.40. The lowest BCUT2D eigenvalue weighted by Gasteiger charge is -2.39. The summed E-state index contributed by atoms with van der Waals surface area (Å²) in [7, 11) is 0. The molecule has 0 unspecified atom stereocenters. The second-order valence-electron chi connectivity index (χ2n) is 7.63. The van der Waals surface area contributed by atoms with Crippen molar-refractivity contribution < 1.29 is 19.1 Å². The lowest BCUT2D eigenvalue weighted by atomic mass is 9.68. The van der Waals surface area contributed by atoms with Gasteiger partial charge in [-0.25, -0.2) is 0 Å². The Kier molecular flexibility index (Phi) is 5.68. The number of aliphatic carboxylic acids is 1. The summed E-state index contributed by atoms with van der Waals surface area (Å²) in [6.07, 6.45) is 6.78. The van der Waals surface area contributed by atoms with Crippen LogP contribution in [0.3, 0.4) is 0 Å². The third kappa shape index (κ3) is 4.07. The first kappa shape index (κ1) is 19.2. The van der Waals surface area contributed by atoms with Crippen molar-refractivity contribution in [2.24, 2.45) is 0 Å². The largest absolute Gasteiger partial charge is 0.481 e. The molecule has 2 aromatic rings. The molecule has 0 saturated heterocycles. The van der Waals surface area contributed by atoms with Gasteiger partial charge in [0, 0.05) is 17.5 Å². The molecule has 1 aliphatic rings. The highest BCUT2D eigenvalue weighted by Gasteiger charge is 2.35. The molecule has 1 saturated carbocycles. The molecule has 0 spiro atoms. The number of carboxylic acids is 1. The fourth-order valence-electron chi connectivity index (χ4n) is 4.35. The smallest absolute Gasteiger partial charge is 0.311 e. The number of hydrogen-bond acceptors (Lipinski definition) is 3. The Morgan fingerprint density at radius 2 is 1.81 bits per heavy atom. The predicted molar refractivity (Wildman–Crippen MR) is 103 cm³/mol. The van der Waals surface area contributed by atoms with Crippen LogP contribution in [0.15, 0.2) is 34.9 Å². The highest BCUT2D eigenvalue weighted by molar-refractivity contribution is 5.97. The van der Waals surface area contributed by atoms with Gasteiger partial charge in [-0.15, -0.1) is 0 Å². The molecule has 1 aliphatic carbocycles. The van der Waals surface area contributed by atoms with Crippen molar-refractivity contribution in [3.8, 4) is 0 Å². The van der Waals surface area contributed by atoms with Crippen molar-refractivity contribution in [1.82, 2.24) is 5.32 Å². The van der Waals surface area contributed by atoms with Crippen LogP contribution in [0.1, 0.15) is 64.9 Å². The molecular formula is C22H27NO4. The Bertz CT molecular complexity index is 831. The van der Waals surface area contributed by atoms with Gasteiger partial charge in [-0.2, -0.15) is 0 Å². The zero-order chi connectivity index (χ0) is 19.4. The number of benzene rings is 1. The van der Waals surface area contributed by atoms with Crippen molar-refractivity contribution in [1.29, 1.82) is 0 Å². The van der Waals surface area contributed by atoms with E-state index in [1.54, 1.807) is 6.92 Å². The summed E-state index contributed by atoms with van der Waals surface area (Å²) in [5.41, 5.74) is 3.51. The summed E-state index contributed by atoms with van der Waals surface area (Å²) in [6.45, 7) is 4.44. The molecule has 1 fully saturated rings. The number of aryl methyl sites for hydroxylation is 2. The van der Waals surface area contributed by atoms with E-state index in [0.29, 0.717) is 17.7 Å². The molecule has 0 bridgehead atoms. The summed E-state index contributed by atoms with van der Waals surface area (Å²) >= 11 is 0. The van der Waals surface area contributed by atoms with E-state index in [1.165, 1.54) is 23.8 Å². The number of furan rings is 1. The summed E-state index contributed by atoms with van der Waals surface area (Å²) < 4.78 is 5.31. The first-order chi connectivity index (χ1) is 12.9. The Hall–Kier alpha value is -2.56. The topological polar surface area (TPSA) is 79.5 Å². The molecule has 27 heavy (non-hydrogen) atoms. The number of nitrogens with one attached hydrogen (secondary N) is 1. The van der Waals surface area contributed by atoms with Gasteiger partial charge in [-0.05, 0) is 37.8 Å². The Morgan fingerprint density at radius 1 is 1.11 bits per heavy atom. The van der Waals surface area contributed by atoms with Gasteiger partial charge in [0.05, 0.1) is 11.8 Å². The van der Waals surface area contributed by atoms with Crippen LogP contribution in [0.2, 0.25) is 0 Å². The number of carbonyl (C=O) groups is 2. The fourth-order valence-corrected chi connectivity index (χ4v) is 4.35. The minimum atomic E-state index is -1.01. The molecule has 144 valence electrons. The number of carboxylic acid groups (broad SMARTS) is 1. The first-order valence-electron chi connectivity index (χ1n) is 9.56. The molecule has 5 heteroatoms. The van der Waals surface area contributed by atoms with Crippen LogP contribution in [-0.4, -0.2) is 23.5 Å². The minimum Gasteiger partial charge on any atom is -0.481 e. The van der Waals surface area contributed by atoms with Crippen LogP contribution in [0.4, 0.5) is 0 Å². The van der Waals surface area contributed by atoms with Gasteiger partial charge in [0.25, 0.3) is 5.91 Å². The van der Waals surface area contributed by atoms with E-state index in [9.17, 15) is 9.59 Å². The van der Waals surface area contributed by atoms with Gasteiger partial charge in [0.1, 0.15) is 12.2 Å². The maximum absolute atomic E-state index is 12.9. The Labute approximate surface area is 159 Å². The SMILES string of the molecule is Cc1ccccc1C1(CNC(=O)c2c(C)coc2CC(=O)O)CCCCC1. The molecule has 0 aliphatic heterocycles. The van der Waals surface area contributed by atoms with Crippen LogP contribution in [0, 0.1) is 13.8 Å². The van der Waals surface area contributed by atoms with Crippen LogP contribution in [0.25, 0.3) is 0 Å². The second-order valence-corrected chi connectivity index (χ2v) is 7.63. The summed E-state index contributed by atoms with van der Waals surface area (Å²) in [5.74, 6) is -1.05. The zero-order valence-corrected chi connectivity index (χ0v) is 16.0. The zero-order valence-electron chi connectivity index (χ0n) is 16.0. The molecule has 1 amide bonds. The third-order valence-electron chi connectivity index (χ3n) is 5.70. The van der Waals surface area contributed by atoms with Gasteiger partial charge >= 0.3 is 5.97 Å². The standard InChI is InChI=1S/C22H27NO4/c1-15-8-4-5-9-17(15)22(10-6-3-7-11-22)14-23-21(26)20-16(2)13-27-18(20)12-19(24)25/h4-5,8-9,13H,3,6-7,10-12,14H2,1-2H3,(H,23,26)(H,24,25). The van der Waals surface area contributed by atoms with Gasteiger partial charge in [0.2, 0.25) is 0 Å². The molecule has 0 atom stereocenters. The normalized spacial score (nSPS) is 16.1. The maximum atomic E-state index is 12.9. The van der Waals surface area contributed by atoms with Gasteiger partial charge in [-0.1, -0.05) is 43.5 Å². The highest BCUT2D eigenvalue weighted by Crippen LogP contribution is 2.40. The minimum absolute atomic E-state index is 0.0656. The predicted octanol–water partition coefficient (Wildman–Crippen LogP) is 4.16. The van der Waals surface area contributed by atoms with E-state index in [-0.39, 0.29) is 23.5 Å². The number of amides is 1. The van der Waals surface area contributed by atoms with Crippen LogP contribution in [-0.2, 0) is 16.6 Å². The van der Waals surface area contributed by atoms with Gasteiger partial charge < -0.3 is 14.8 Å². The number of carbonyl (C=O) groups excluding carboxylic acids is 1. The van der Waals surface area contributed by atoms with Crippen molar-refractivity contribution in [3.05, 3.63) is 58.5 Å². The molecule has 0 radical (unpaired) electrons. The third-order valence-corrected chi connectivity index (χ3v) is 5.70. The average Bonchev–Trinajstić information content (AvgIpc) is 3.00. The Balaban J connectivity index is 1.83. The van der Waals surface area contributed by atoms with Gasteiger partial charge in [-0.3, -0.25) is 9.59 Å². The number of hydrogen-bond donors (Lipinski definition) is 2. The fraction of sp³-hybridized carbons (Fsp3) is 0.455. The first-order valence-corrected chi connectivity index (χ1v) is 9.56. The van der Waals surface area contributed by atoms with Crippen LogP contribution in [0.5, 0.6) is 0 Å². The quantitative estimate of drug-likeness (QED) is 0.801. The van der Waals surface area contributed by atoms with E-state index in [0.717, 1.165) is 25.7 Å². The molecule has 1 aromatic heterocycles. The molecule has 2 N–H and O–H groups in total. The van der Waals surface area contributed by atoms with E-state index in [4.69, 9.17) is 9.52 Å². The molecule has 3 rings (SSSR count).